The number of hydrogen-bond donors (Lipinski definition) is 1. The van der Waals surface area contributed by atoms with Gasteiger partial charge in [0.2, 0.25) is 11.8 Å². The number of nitrogens with one attached hydrogen (secondary N) is 1. The summed E-state index contributed by atoms with van der Waals surface area (Å²) >= 11 is 12.6. The number of benzene rings is 2. The number of para-hydroxylation sites is 1. The molecule has 0 fully saturated rings. The van der Waals surface area contributed by atoms with Crippen molar-refractivity contribution in [1.29, 1.82) is 0 Å². The predicted octanol–water partition coefficient (Wildman–Crippen LogP) is 4.78. The molecule has 0 bridgehead atoms. The molecule has 0 saturated carbocycles. The molecule has 0 radical (unpaired) electrons. The average Bonchev–Trinajstić information content (AvgIpc) is 2.69. The molecule has 0 spiro atoms. The second kappa shape index (κ2) is 11.1. The number of halogens is 2. The lowest BCUT2D eigenvalue weighted by Gasteiger charge is -2.31. The minimum absolute atomic E-state index is 0.00198. The largest absolute Gasteiger partial charge is 0.352 e. The lowest BCUT2D eigenvalue weighted by molar-refractivity contribution is -0.385. The quantitative estimate of drug-likeness (QED) is 0.426. The van der Waals surface area contributed by atoms with Crippen LogP contribution >= 0.6 is 23.2 Å². The van der Waals surface area contributed by atoms with Crippen molar-refractivity contribution in [3.8, 4) is 0 Å². The fraction of sp³-hybridized carbons (Fsp3) is 0.364. The van der Waals surface area contributed by atoms with E-state index in [-0.39, 0.29) is 36.2 Å². The van der Waals surface area contributed by atoms with E-state index in [4.69, 9.17) is 23.2 Å². The molecule has 7 nitrogen and oxygen atoms in total. The summed E-state index contributed by atoms with van der Waals surface area (Å²) in [5, 5.41) is 14.9. The Labute approximate surface area is 191 Å². The van der Waals surface area contributed by atoms with Gasteiger partial charge >= 0.3 is 0 Å². The third-order valence-corrected chi connectivity index (χ3v) is 5.45. The molecule has 0 aliphatic carbocycles. The van der Waals surface area contributed by atoms with Crippen LogP contribution in [0.25, 0.3) is 0 Å². The maximum atomic E-state index is 13.3. The first-order valence-corrected chi connectivity index (χ1v) is 10.7. The number of nitro groups is 1. The van der Waals surface area contributed by atoms with Gasteiger partial charge in [-0.25, -0.2) is 0 Å². The van der Waals surface area contributed by atoms with Crippen molar-refractivity contribution in [2.24, 2.45) is 0 Å². The summed E-state index contributed by atoms with van der Waals surface area (Å²) < 4.78 is 0. The molecule has 2 rings (SSSR count). The van der Waals surface area contributed by atoms with E-state index in [1.54, 1.807) is 37.3 Å². The molecular weight excluding hydrogens is 441 g/mol. The Balaban J connectivity index is 2.44. The van der Waals surface area contributed by atoms with E-state index >= 15 is 0 Å². The summed E-state index contributed by atoms with van der Waals surface area (Å²) in [6, 6.07) is 10.2. The minimum Gasteiger partial charge on any atom is -0.352 e. The number of carbonyl (C=O) groups excluding carboxylic acids is 2. The van der Waals surface area contributed by atoms with E-state index in [1.807, 2.05) is 13.8 Å². The number of nitrogens with zero attached hydrogens (tertiary/aromatic N) is 2. The van der Waals surface area contributed by atoms with Gasteiger partial charge in [-0.15, -0.1) is 0 Å². The maximum Gasteiger partial charge on any atom is 0.273 e. The van der Waals surface area contributed by atoms with Gasteiger partial charge in [0.15, 0.2) is 0 Å². The van der Waals surface area contributed by atoms with Crippen LogP contribution < -0.4 is 5.32 Å². The van der Waals surface area contributed by atoms with Crippen molar-refractivity contribution in [1.82, 2.24) is 10.2 Å². The van der Waals surface area contributed by atoms with Gasteiger partial charge in [0.1, 0.15) is 6.04 Å². The lowest BCUT2D eigenvalue weighted by atomic mass is 10.0. The molecule has 2 amide bonds. The van der Waals surface area contributed by atoms with Crippen LogP contribution in [0.2, 0.25) is 10.0 Å². The number of carbonyl (C=O) groups is 2. The molecule has 1 unspecified atom stereocenters. The van der Waals surface area contributed by atoms with Crippen LogP contribution in [-0.2, 0) is 22.6 Å². The van der Waals surface area contributed by atoms with Gasteiger partial charge in [0.25, 0.3) is 5.69 Å². The Morgan fingerprint density at radius 2 is 1.71 bits per heavy atom. The fourth-order valence-corrected chi connectivity index (χ4v) is 3.77. The van der Waals surface area contributed by atoms with Crippen LogP contribution in [0.3, 0.4) is 0 Å². The Kier molecular flexibility index (Phi) is 8.83. The van der Waals surface area contributed by atoms with Gasteiger partial charge in [-0.05, 0) is 32.4 Å². The summed E-state index contributed by atoms with van der Waals surface area (Å²) in [5.41, 5.74) is 0.635. The zero-order chi connectivity index (χ0) is 23.1. The molecule has 2 aromatic carbocycles. The predicted molar refractivity (Wildman–Crippen MR) is 121 cm³/mol. The number of amides is 2. The molecule has 0 heterocycles. The topological polar surface area (TPSA) is 92.6 Å². The highest BCUT2D eigenvalue weighted by Gasteiger charge is 2.31. The minimum atomic E-state index is -0.787. The van der Waals surface area contributed by atoms with Crippen molar-refractivity contribution in [2.45, 2.75) is 52.2 Å². The molecule has 0 aliphatic heterocycles. The van der Waals surface area contributed by atoms with Crippen LogP contribution in [0.4, 0.5) is 5.69 Å². The van der Waals surface area contributed by atoms with Crippen molar-refractivity contribution in [3.63, 3.8) is 0 Å². The van der Waals surface area contributed by atoms with Crippen LogP contribution in [0.15, 0.2) is 42.5 Å². The second-order valence-corrected chi connectivity index (χ2v) is 8.19. The highest BCUT2D eigenvalue weighted by atomic mass is 35.5. The van der Waals surface area contributed by atoms with E-state index < -0.39 is 16.9 Å². The number of rotatable bonds is 9. The molecule has 9 heteroatoms. The summed E-state index contributed by atoms with van der Waals surface area (Å²) in [6.07, 6.45) is 0.119. The van der Waals surface area contributed by atoms with Gasteiger partial charge < -0.3 is 10.2 Å². The average molecular weight is 466 g/mol. The van der Waals surface area contributed by atoms with Crippen LogP contribution in [0, 0.1) is 10.1 Å². The summed E-state index contributed by atoms with van der Waals surface area (Å²) in [7, 11) is 0. The third kappa shape index (κ3) is 6.42. The highest BCUT2D eigenvalue weighted by Crippen LogP contribution is 2.28. The Hall–Kier alpha value is -2.64. The van der Waals surface area contributed by atoms with Crippen molar-refractivity contribution < 1.29 is 14.5 Å². The normalized spacial score (nSPS) is 11.8. The summed E-state index contributed by atoms with van der Waals surface area (Å²) in [4.78, 5) is 38.4. The monoisotopic (exact) mass is 465 g/mol. The van der Waals surface area contributed by atoms with E-state index in [1.165, 1.54) is 17.0 Å². The molecule has 0 aliphatic rings. The second-order valence-electron chi connectivity index (χ2n) is 7.37. The lowest BCUT2D eigenvalue weighted by Crippen LogP contribution is -2.50. The van der Waals surface area contributed by atoms with Gasteiger partial charge in [0.05, 0.1) is 11.3 Å². The van der Waals surface area contributed by atoms with Crippen LogP contribution in [0.5, 0.6) is 0 Å². The van der Waals surface area contributed by atoms with E-state index in [0.29, 0.717) is 22.0 Å². The zero-order valence-electron chi connectivity index (χ0n) is 17.6. The molecule has 2 aromatic rings. The molecule has 1 atom stereocenters. The summed E-state index contributed by atoms with van der Waals surface area (Å²) in [6.45, 7) is 5.45. The molecule has 0 saturated heterocycles. The molecule has 0 aromatic heterocycles. The third-order valence-electron chi connectivity index (χ3n) is 4.74. The van der Waals surface area contributed by atoms with Gasteiger partial charge in [-0.3, -0.25) is 19.7 Å². The Morgan fingerprint density at radius 1 is 1.10 bits per heavy atom. The van der Waals surface area contributed by atoms with Crippen molar-refractivity contribution >= 4 is 40.7 Å². The SMILES string of the molecule is CCC(C(=O)NC(C)C)N(Cc1c(Cl)cccc1Cl)C(=O)Cc1ccccc1[N+](=O)[O-]. The van der Waals surface area contributed by atoms with Gasteiger partial charge in [-0.1, -0.05) is 54.4 Å². The highest BCUT2D eigenvalue weighted by molar-refractivity contribution is 6.36. The standard InChI is InChI=1S/C22H25Cl2N3O4/c1-4-19(22(29)25-14(2)3)26(13-16-17(23)9-7-10-18(16)24)21(28)12-15-8-5-6-11-20(15)27(30)31/h5-11,14,19H,4,12-13H2,1-3H3,(H,25,29). The van der Waals surface area contributed by atoms with Gasteiger partial charge in [-0.2, -0.15) is 0 Å². The molecule has 31 heavy (non-hydrogen) atoms. The first-order chi connectivity index (χ1) is 14.6. The first kappa shape index (κ1) is 24.6. The number of hydrogen-bond acceptors (Lipinski definition) is 4. The smallest absolute Gasteiger partial charge is 0.273 e. The molecule has 166 valence electrons. The number of nitro benzene ring substituents is 1. The first-order valence-electron chi connectivity index (χ1n) is 9.90. The Morgan fingerprint density at radius 3 is 2.26 bits per heavy atom. The van der Waals surface area contributed by atoms with Crippen LogP contribution in [0.1, 0.15) is 38.3 Å². The molecule has 1 N–H and O–H groups in total. The van der Waals surface area contributed by atoms with Crippen molar-refractivity contribution in [3.05, 3.63) is 73.8 Å². The Bertz CT molecular complexity index is 945. The van der Waals surface area contributed by atoms with E-state index in [0.717, 1.165) is 0 Å². The summed E-state index contributed by atoms with van der Waals surface area (Å²) in [5.74, 6) is -0.743. The van der Waals surface area contributed by atoms with Crippen LogP contribution in [-0.4, -0.2) is 33.7 Å². The maximum absolute atomic E-state index is 13.3. The van der Waals surface area contributed by atoms with E-state index in [2.05, 4.69) is 5.32 Å². The van der Waals surface area contributed by atoms with Gasteiger partial charge in [0, 0.05) is 39.8 Å². The zero-order valence-corrected chi connectivity index (χ0v) is 19.1. The fourth-order valence-electron chi connectivity index (χ4n) is 3.26. The molecular formula is C22H25Cl2N3O4. The van der Waals surface area contributed by atoms with Crippen molar-refractivity contribution in [2.75, 3.05) is 0 Å². The van der Waals surface area contributed by atoms with E-state index in [9.17, 15) is 19.7 Å².